The van der Waals surface area contributed by atoms with Crippen LogP contribution in [0, 0.1) is 6.92 Å². The molecule has 1 aliphatic rings. The topological polar surface area (TPSA) is 59.1 Å². The molecule has 0 aromatic heterocycles. The van der Waals surface area contributed by atoms with E-state index in [0.717, 1.165) is 17.7 Å². The van der Waals surface area contributed by atoms with E-state index < -0.39 is 0 Å². The highest BCUT2D eigenvalue weighted by molar-refractivity contribution is 6.30. The second-order valence-corrected chi connectivity index (χ2v) is 8.01. The number of carbonyl (C=O) groups is 2. The largest absolute Gasteiger partial charge is 0.493 e. The van der Waals surface area contributed by atoms with E-state index in [2.05, 4.69) is 0 Å². The van der Waals surface area contributed by atoms with Crippen LogP contribution in [0.3, 0.4) is 0 Å². The first-order chi connectivity index (χ1) is 15.0. The number of hydrogen-bond donors (Lipinski definition) is 0. The Bertz CT molecular complexity index is 872. The van der Waals surface area contributed by atoms with Crippen LogP contribution in [0.1, 0.15) is 24.8 Å². The first kappa shape index (κ1) is 22.9. The van der Waals surface area contributed by atoms with Crippen molar-refractivity contribution in [3.05, 3.63) is 59.1 Å². The second kappa shape index (κ2) is 11.6. The molecule has 0 atom stereocenters. The molecular weight excluding hydrogens is 416 g/mol. The van der Waals surface area contributed by atoms with E-state index >= 15 is 0 Å². The van der Waals surface area contributed by atoms with E-state index in [4.69, 9.17) is 21.1 Å². The molecule has 7 heteroatoms. The third kappa shape index (κ3) is 7.17. The lowest BCUT2D eigenvalue weighted by atomic mass is 10.2. The standard InChI is InChI=1S/C24H29ClN2O4/c1-19-6-2-3-7-22(19)30-17-4-8-23(28)26-13-5-14-27(16-15-26)24(29)18-31-21-11-9-20(25)10-12-21/h2-3,6-7,9-12H,4-5,8,13-18H2,1H3. The monoisotopic (exact) mass is 444 g/mol. The maximum atomic E-state index is 12.6. The molecule has 0 N–H and O–H groups in total. The molecule has 0 unspecified atom stereocenters. The van der Waals surface area contributed by atoms with Crippen molar-refractivity contribution in [3.63, 3.8) is 0 Å². The van der Waals surface area contributed by atoms with Crippen LogP contribution in [0.5, 0.6) is 11.5 Å². The summed E-state index contributed by atoms with van der Waals surface area (Å²) in [6.45, 7) is 4.86. The van der Waals surface area contributed by atoms with Crippen LogP contribution in [-0.4, -0.2) is 61.0 Å². The molecule has 31 heavy (non-hydrogen) atoms. The molecule has 0 radical (unpaired) electrons. The lowest BCUT2D eigenvalue weighted by Gasteiger charge is -2.22. The normalized spacial score (nSPS) is 14.1. The quantitative estimate of drug-likeness (QED) is 0.578. The van der Waals surface area contributed by atoms with E-state index in [0.29, 0.717) is 56.4 Å². The van der Waals surface area contributed by atoms with Crippen molar-refractivity contribution in [2.75, 3.05) is 39.4 Å². The summed E-state index contributed by atoms with van der Waals surface area (Å²) in [6.07, 6.45) is 1.87. The Morgan fingerprint density at radius 1 is 0.903 bits per heavy atom. The number of nitrogens with zero attached hydrogens (tertiary/aromatic N) is 2. The molecule has 2 aromatic carbocycles. The van der Waals surface area contributed by atoms with Crippen molar-refractivity contribution in [2.45, 2.75) is 26.2 Å². The third-order valence-electron chi connectivity index (χ3n) is 5.26. The van der Waals surface area contributed by atoms with Crippen molar-refractivity contribution in [3.8, 4) is 11.5 Å². The Hall–Kier alpha value is -2.73. The fourth-order valence-corrected chi connectivity index (χ4v) is 3.59. The predicted octanol–water partition coefficient (Wildman–Crippen LogP) is 3.95. The average molecular weight is 445 g/mol. The zero-order valence-corrected chi connectivity index (χ0v) is 18.6. The van der Waals surface area contributed by atoms with Gasteiger partial charge >= 0.3 is 0 Å². The fourth-order valence-electron chi connectivity index (χ4n) is 3.47. The van der Waals surface area contributed by atoms with Gasteiger partial charge < -0.3 is 19.3 Å². The highest BCUT2D eigenvalue weighted by Gasteiger charge is 2.22. The third-order valence-corrected chi connectivity index (χ3v) is 5.52. The Morgan fingerprint density at radius 2 is 1.58 bits per heavy atom. The minimum atomic E-state index is -0.0733. The van der Waals surface area contributed by atoms with Crippen molar-refractivity contribution in [1.29, 1.82) is 0 Å². The molecule has 1 fully saturated rings. The molecule has 1 aliphatic heterocycles. The number of ether oxygens (including phenoxy) is 2. The molecular formula is C24H29ClN2O4. The van der Waals surface area contributed by atoms with Gasteiger partial charge in [-0.1, -0.05) is 29.8 Å². The SMILES string of the molecule is Cc1ccccc1OCCCC(=O)N1CCCN(C(=O)COc2ccc(Cl)cc2)CC1. The number of rotatable bonds is 8. The number of carbonyl (C=O) groups excluding carboxylic acids is 2. The van der Waals surface area contributed by atoms with Crippen molar-refractivity contribution < 1.29 is 19.1 Å². The summed E-state index contributed by atoms with van der Waals surface area (Å²) >= 11 is 5.86. The molecule has 166 valence electrons. The Labute approximate surface area is 188 Å². The van der Waals surface area contributed by atoms with Gasteiger partial charge in [0.2, 0.25) is 5.91 Å². The van der Waals surface area contributed by atoms with E-state index in [1.165, 1.54) is 0 Å². The van der Waals surface area contributed by atoms with E-state index in [1.54, 1.807) is 29.2 Å². The summed E-state index contributed by atoms with van der Waals surface area (Å²) in [5.41, 5.74) is 1.09. The fraction of sp³-hybridized carbons (Fsp3) is 0.417. The number of amides is 2. The van der Waals surface area contributed by atoms with Gasteiger partial charge in [0.25, 0.3) is 5.91 Å². The number of hydrogen-bond acceptors (Lipinski definition) is 4. The van der Waals surface area contributed by atoms with E-state index in [-0.39, 0.29) is 18.4 Å². The highest BCUT2D eigenvalue weighted by atomic mass is 35.5. The van der Waals surface area contributed by atoms with Gasteiger partial charge in [-0.15, -0.1) is 0 Å². The summed E-state index contributed by atoms with van der Waals surface area (Å²) in [5, 5.41) is 0.623. The zero-order chi connectivity index (χ0) is 22.1. The first-order valence-corrected chi connectivity index (χ1v) is 11.0. The van der Waals surface area contributed by atoms with Crippen LogP contribution >= 0.6 is 11.6 Å². The summed E-state index contributed by atoms with van der Waals surface area (Å²) in [6, 6.07) is 14.8. The molecule has 0 bridgehead atoms. The van der Waals surface area contributed by atoms with Crippen LogP contribution < -0.4 is 9.47 Å². The summed E-state index contributed by atoms with van der Waals surface area (Å²) in [4.78, 5) is 28.7. The van der Waals surface area contributed by atoms with Gasteiger partial charge in [-0.05, 0) is 55.7 Å². The maximum absolute atomic E-state index is 12.6. The van der Waals surface area contributed by atoms with Crippen LogP contribution in [0.2, 0.25) is 5.02 Å². The lowest BCUT2D eigenvalue weighted by Crippen LogP contribution is -2.39. The molecule has 6 nitrogen and oxygen atoms in total. The molecule has 3 rings (SSSR count). The predicted molar refractivity (Wildman–Crippen MR) is 121 cm³/mol. The molecule has 2 aromatic rings. The summed E-state index contributed by atoms with van der Waals surface area (Å²) in [5.74, 6) is 1.51. The minimum Gasteiger partial charge on any atom is -0.493 e. The molecule has 1 saturated heterocycles. The number of para-hydroxylation sites is 1. The van der Waals surface area contributed by atoms with Gasteiger partial charge in [0.05, 0.1) is 6.61 Å². The van der Waals surface area contributed by atoms with Crippen molar-refractivity contribution in [1.82, 2.24) is 9.80 Å². The average Bonchev–Trinajstić information content (AvgIpc) is 3.03. The van der Waals surface area contributed by atoms with Gasteiger partial charge in [0.15, 0.2) is 6.61 Å². The summed E-state index contributed by atoms with van der Waals surface area (Å²) in [7, 11) is 0. The van der Waals surface area contributed by atoms with E-state index in [1.807, 2.05) is 36.1 Å². The number of benzene rings is 2. The van der Waals surface area contributed by atoms with Gasteiger partial charge in [-0.2, -0.15) is 0 Å². The lowest BCUT2D eigenvalue weighted by molar-refractivity contribution is -0.134. The van der Waals surface area contributed by atoms with Crippen molar-refractivity contribution in [2.24, 2.45) is 0 Å². The molecule has 0 spiro atoms. The maximum Gasteiger partial charge on any atom is 0.260 e. The smallest absolute Gasteiger partial charge is 0.260 e. The Balaban J connectivity index is 1.37. The van der Waals surface area contributed by atoms with E-state index in [9.17, 15) is 9.59 Å². The van der Waals surface area contributed by atoms with Gasteiger partial charge in [-0.25, -0.2) is 0 Å². The number of aryl methyl sites for hydroxylation is 1. The van der Waals surface area contributed by atoms with Gasteiger partial charge in [0.1, 0.15) is 11.5 Å². The summed E-state index contributed by atoms with van der Waals surface area (Å²) < 4.78 is 11.3. The van der Waals surface area contributed by atoms with Gasteiger partial charge in [-0.3, -0.25) is 9.59 Å². The van der Waals surface area contributed by atoms with Crippen LogP contribution in [0.15, 0.2) is 48.5 Å². The molecule has 0 saturated carbocycles. The van der Waals surface area contributed by atoms with Gasteiger partial charge in [0, 0.05) is 37.6 Å². The second-order valence-electron chi connectivity index (χ2n) is 7.58. The zero-order valence-electron chi connectivity index (χ0n) is 17.9. The molecule has 0 aliphatic carbocycles. The minimum absolute atomic E-state index is 0.0220. The Kier molecular flexibility index (Phi) is 8.59. The van der Waals surface area contributed by atoms with Crippen LogP contribution in [-0.2, 0) is 9.59 Å². The highest BCUT2D eigenvalue weighted by Crippen LogP contribution is 2.17. The first-order valence-electron chi connectivity index (χ1n) is 10.7. The van der Waals surface area contributed by atoms with Crippen LogP contribution in [0.4, 0.5) is 0 Å². The number of halogens is 1. The molecule has 2 amide bonds. The van der Waals surface area contributed by atoms with Crippen molar-refractivity contribution >= 4 is 23.4 Å². The Morgan fingerprint density at radius 3 is 2.29 bits per heavy atom. The van der Waals surface area contributed by atoms with Crippen LogP contribution in [0.25, 0.3) is 0 Å². The molecule has 1 heterocycles.